The molecule has 26 heavy (non-hydrogen) atoms. The molecule has 0 aliphatic rings. The predicted molar refractivity (Wildman–Crippen MR) is 99.3 cm³/mol. The summed E-state index contributed by atoms with van der Waals surface area (Å²) >= 11 is 0. The number of hydrogen-bond donors (Lipinski definition) is 1. The van der Waals surface area contributed by atoms with E-state index in [0.29, 0.717) is 33.5 Å². The second-order valence-corrected chi connectivity index (χ2v) is 6.25. The lowest BCUT2D eigenvalue weighted by Gasteiger charge is -2.11. The molecule has 4 rings (SSSR count). The van der Waals surface area contributed by atoms with Crippen LogP contribution in [0, 0.1) is 19.7 Å². The number of phenolic OH excluding ortho intramolecular Hbond substituents is 1. The van der Waals surface area contributed by atoms with E-state index >= 15 is 0 Å². The van der Waals surface area contributed by atoms with Gasteiger partial charge in [0.1, 0.15) is 17.1 Å². The van der Waals surface area contributed by atoms with Gasteiger partial charge in [-0.1, -0.05) is 11.6 Å². The first-order chi connectivity index (χ1) is 12.5. The summed E-state index contributed by atoms with van der Waals surface area (Å²) in [6.45, 7) is 3.75. The third kappa shape index (κ3) is 2.77. The Kier molecular flexibility index (Phi) is 3.84. The average molecular weight is 345 g/mol. The number of hydrogen-bond acceptors (Lipinski definition) is 4. The number of phenols is 1. The monoisotopic (exact) mass is 345 g/mol. The fraction of sp³-hybridized carbons (Fsp3) is 0.0952. The summed E-state index contributed by atoms with van der Waals surface area (Å²) in [5, 5.41) is 11.2. The van der Waals surface area contributed by atoms with Crippen LogP contribution in [0.2, 0.25) is 0 Å². The minimum Gasteiger partial charge on any atom is -0.506 e. The number of aromatic nitrogens is 3. The highest BCUT2D eigenvalue weighted by Gasteiger charge is 2.14. The summed E-state index contributed by atoms with van der Waals surface area (Å²) in [7, 11) is 0. The van der Waals surface area contributed by atoms with Crippen molar-refractivity contribution in [2.24, 2.45) is 0 Å². The lowest BCUT2D eigenvalue weighted by atomic mass is 10.00. The molecule has 4 aromatic rings. The molecule has 0 atom stereocenters. The molecule has 0 aliphatic heterocycles. The van der Waals surface area contributed by atoms with Crippen molar-refractivity contribution in [1.29, 1.82) is 0 Å². The zero-order valence-electron chi connectivity index (χ0n) is 14.4. The van der Waals surface area contributed by atoms with Gasteiger partial charge in [0, 0.05) is 34.6 Å². The Morgan fingerprint density at radius 1 is 0.962 bits per heavy atom. The Hall–Kier alpha value is -3.34. The Morgan fingerprint density at radius 2 is 1.81 bits per heavy atom. The second-order valence-electron chi connectivity index (χ2n) is 6.25. The maximum absolute atomic E-state index is 14.3. The van der Waals surface area contributed by atoms with Gasteiger partial charge in [-0.15, -0.1) is 0 Å². The number of halogens is 1. The molecule has 2 heterocycles. The quantitative estimate of drug-likeness (QED) is 0.566. The fourth-order valence-corrected chi connectivity index (χ4v) is 3.00. The van der Waals surface area contributed by atoms with Crippen molar-refractivity contribution in [3.8, 4) is 28.3 Å². The van der Waals surface area contributed by atoms with Crippen LogP contribution in [-0.2, 0) is 0 Å². The topological polar surface area (TPSA) is 58.9 Å². The number of benzene rings is 2. The highest BCUT2D eigenvalue weighted by atomic mass is 19.1. The maximum Gasteiger partial charge on any atom is 0.161 e. The van der Waals surface area contributed by atoms with Gasteiger partial charge in [0.15, 0.2) is 5.82 Å². The molecule has 0 spiro atoms. The van der Waals surface area contributed by atoms with E-state index in [0.717, 1.165) is 11.1 Å². The van der Waals surface area contributed by atoms with Gasteiger partial charge in [0.05, 0.1) is 0 Å². The van der Waals surface area contributed by atoms with E-state index in [4.69, 9.17) is 0 Å². The summed E-state index contributed by atoms with van der Waals surface area (Å²) in [6, 6.07) is 11.9. The highest BCUT2D eigenvalue weighted by Crippen LogP contribution is 2.34. The number of aryl methyl sites for hydroxylation is 2. The molecule has 0 unspecified atom stereocenters. The normalized spacial score (nSPS) is 11.0. The molecule has 128 valence electrons. The molecule has 0 radical (unpaired) electrons. The number of rotatable bonds is 2. The van der Waals surface area contributed by atoms with Gasteiger partial charge in [-0.2, -0.15) is 0 Å². The van der Waals surface area contributed by atoms with E-state index in [-0.39, 0.29) is 11.6 Å². The van der Waals surface area contributed by atoms with Gasteiger partial charge >= 0.3 is 0 Å². The first-order valence-electron chi connectivity index (χ1n) is 8.21. The summed E-state index contributed by atoms with van der Waals surface area (Å²) in [4.78, 5) is 13.1. The third-order valence-corrected chi connectivity index (χ3v) is 4.32. The van der Waals surface area contributed by atoms with Gasteiger partial charge < -0.3 is 5.11 Å². The Morgan fingerprint density at radius 3 is 2.58 bits per heavy atom. The van der Waals surface area contributed by atoms with E-state index in [1.807, 2.05) is 32.0 Å². The molecular weight excluding hydrogens is 329 g/mol. The number of nitrogens with zero attached hydrogens (tertiary/aromatic N) is 3. The molecule has 1 N–H and O–H groups in total. The molecular formula is C21H16FN3O. The van der Waals surface area contributed by atoms with E-state index in [1.54, 1.807) is 30.6 Å². The SMILES string of the molecule is Cc1ccc(F)c(-c2cc(O)c3nc(-c4cccnc4)nc(C)c3c2)c1. The van der Waals surface area contributed by atoms with Crippen molar-refractivity contribution in [3.63, 3.8) is 0 Å². The third-order valence-electron chi connectivity index (χ3n) is 4.32. The van der Waals surface area contributed by atoms with Crippen LogP contribution < -0.4 is 0 Å². The molecule has 0 aliphatic carbocycles. The van der Waals surface area contributed by atoms with Crippen LogP contribution in [0.1, 0.15) is 11.3 Å². The Balaban J connectivity index is 1.94. The molecule has 0 saturated carbocycles. The van der Waals surface area contributed by atoms with Crippen molar-refractivity contribution < 1.29 is 9.50 Å². The second kappa shape index (κ2) is 6.19. The van der Waals surface area contributed by atoms with Gasteiger partial charge in [-0.25, -0.2) is 14.4 Å². The number of pyridine rings is 1. The average Bonchev–Trinajstić information content (AvgIpc) is 2.65. The lowest BCUT2D eigenvalue weighted by molar-refractivity contribution is 0.480. The van der Waals surface area contributed by atoms with Crippen LogP contribution in [-0.4, -0.2) is 20.1 Å². The Labute approximate surface area is 150 Å². The van der Waals surface area contributed by atoms with E-state index in [2.05, 4.69) is 15.0 Å². The van der Waals surface area contributed by atoms with Crippen LogP contribution in [0.15, 0.2) is 54.9 Å². The first kappa shape index (κ1) is 16.1. The smallest absolute Gasteiger partial charge is 0.161 e. The highest BCUT2D eigenvalue weighted by molar-refractivity contribution is 5.92. The van der Waals surface area contributed by atoms with E-state index in [9.17, 15) is 9.50 Å². The van der Waals surface area contributed by atoms with Crippen LogP contribution in [0.25, 0.3) is 33.4 Å². The van der Waals surface area contributed by atoms with Crippen LogP contribution >= 0.6 is 0 Å². The van der Waals surface area contributed by atoms with Crippen LogP contribution in [0.5, 0.6) is 5.75 Å². The molecule has 2 aromatic carbocycles. The molecule has 0 fully saturated rings. The predicted octanol–water partition coefficient (Wildman–Crippen LogP) is 4.82. The van der Waals surface area contributed by atoms with E-state index in [1.165, 1.54) is 6.07 Å². The van der Waals surface area contributed by atoms with Crippen molar-refractivity contribution in [2.45, 2.75) is 13.8 Å². The largest absolute Gasteiger partial charge is 0.506 e. The molecule has 2 aromatic heterocycles. The summed E-state index contributed by atoms with van der Waals surface area (Å²) in [6.07, 6.45) is 3.35. The molecule has 0 saturated heterocycles. The zero-order chi connectivity index (χ0) is 18.3. The standard InChI is InChI=1S/C21H16FN3O/c1-12-5-6-18(22)17(8-12)15-9-16-13(2)24-21(14-4-3-7-23-11-14)25-20(16)19(26)10-15/h3-11,26H,1-2H3. The number of aromatic hydroxyl groups is 1. The zero-order valence-corrected chi connectivity index (χ0v) is 14.4. The van der Waals surface area contributed by atoms with Gasteiger partial charge in [0.2, 0.25) is 0 Å². The van der Waals surface area contributed by atoms with Crippen molar-refractivity contribution >= 4 is 10.9 Å². The van der Waals surface area contributed by atoms with Gasteiger partial charge in [-0.05, 0) is 55.8 Å². The Bertz CT molecular complexity index is 1130. The maximum atomic E-state index is 14.3. The van der Waals surface area contributed by atoms with Gasteiger partial charge in [-0.3, -0.25) is 4.98 Å². The van der Waals surface area contributed by atoms with Crippen molar-refractivity contribution in [1.82, 2.24) is 15.0 Å². The lowest BCUT2D eigenvalue weighted by Crippen LogP contribution is -1.96. The molecule has 0 amide bonds. The van der Waals surface area contributed by atoms with Crippen molar-refractivity contribution in [3.05, 3.63) is 71.9 Å². The number of fused-ring (bicyclic) bond motifs is 1. The molecule has 0 bridgehead atoms. The molecule has 4 nitrogen and oxygen atoms in total. The van der Waals surface area contributed by atoms with Crippen LogP contribution in [0.3, 0.4) is 0 Å². The molecule has 5 heteroatoms. The van der Waals surface area contributed by atoms with Crippen molar-refractivity contribution in [2.75, 3.05) is 0 Å². The minimum absolute atomic E-state index is 0.00551. The minimum atomic E-state index is -0.333. The van der Waals surface area contributed by atoms with Crippen LogP contribution in [0.4, 0.5) is 4.39 Å². The summed E-state index contributed by atoms with van der Waals surface area (Å²) in [5.41, 5.74) is 3.90. The fourth-order valence-electron chi connectivity index (χ4n) is 3.00. The van der Waals surface area contributed by atoms with Gasteiger partial charge in [0.25, 0.3) is 0 Å². The van der Waals surface area contributed by atoms with E-state index < -0.39 is 0 Å². The first-order valence-corrected chi connectivity index (χ1v) is 8.21. The summed E-state index contributed by atoms with van der Waals surface area (Å²) < 4.78 is 14.3. The summed E-state index contributed by atoms with van der Waals surface area (Å²) in [5.74, 6) is 0.154.